The molecule has 1 aromatic carbocycles. The number of aromatic nitrogens is 2. The van der Waals surface area contributed by atoms with E-state index in [4.69, 9.17) is 20.3 Å². The Morgan fingerprint density at radius 1 is 1.09 bits per heavy atom. The predicted octanol–water partition coefficient (Wildman–Crippen LogP) is 3.38. The van der Waals surface area contributed by atoms with Crippen molar-refractivity contribution in [2.24, 2.45) is 0 Å². The largest absolute Gasteiger partial charge is 0.573 e. The zero-order valence-electron chi connectivity index (χ0n) is 16.7. The number of aliphatic carboxylic acids is 2. The number of nitrogens with zero attached hydrogens (tertiary/aromatic N) is 3. The molecule has 0 aliphatic rings. The van der Waals surface area contributed by atoms with E-state index >= 15 is 0 Å². The van der Waals surface area contributed by atoms with Crippen molar-refractivity contribution in [3.63, 3.8) is 0 Å². The van der Waals surface area contributed by atoms with Crippen LogP contribution < -0.4 is 15.4 Å². The minimum Gasteiger partial charge on any atom is -0.481 e. The lowest BCUT2D eigenvalue weighted by Crippen LogP contribution is -2.21. The van der Waals surface area contributed by atoms with Gasteiger partial charge in [-0.05, 0) is 6.07 Å². The molecular weight excluding hydrogens is 480 g/mol. The molecule has 0 amide bonds. The number of benzene rings is 1. The van der Waals surface area contributed by atoms with E-state index in [0.717, 1.165) is 0 Å². The molecule has 0 fully saturated rings. The lowest BCUT2D eigenvalue weighted by atomic mass is 10.2. The molecule has 1 heterocycles. The number of rotatable bonds is 8. The van der Waals surface area contributed by atoms with Gasteiger partial charge in [0.15, 0.2) is 0 Å². The molecule has 2 rings (SSSR count). The van der Waals surface area contributed by atoms with Crippen molar-refractivity contribution < 1.29 is 50.9 Å². The van der Waals surface area contributed by atoms with Gasteiger partial charge in [-0.15, -0.1) is 13.2 Å². The summed E-state index contributed by atoms with van der Waals surface area (Å²) in [6.45, 7) is -0.0184. The van der Waals surface area contributed by atoms with Crippen LogP contribution in [0.15, 0.2) is 30.5 Å². The van der Waals surface area contributed by atoms with Crippen molar-refractivity contribution in [1.29, 1.82) is 5.26 Å². The third kappa shape index (κ3) is 10.3. The molecular formula is C18H15F6N5O5. The summed E-state index contributed by atoms with van der Waals surface area (Å²) < 4.78 is 73.0. The first-order valence-electron chi connectivity index (χ1n) is 8.83. The molecule has 0 spiro atoms. The normalized spacial score (nSPS) is 10.9. The van der Waals surface area contributed by atoms with Crippen LogP contribution in [-0.4, -0.2) is 51.2 Å². The Morgan fingerprint density at radius 3 is 2.24 bits per heavy atom. The number of carbonyl (C=O) groups is 2. The zero-order chi connectivity index (χ0) is 25.9. The second kappa shape index (κ2) is 12.1. The molecule has 0 atom stereocenters. The molecule has 0 bridgehead atoms. The van der Waals surface area contributed by atoms with Gasteiger partial charge in [-0.3, -0.25) is 4.79 Å². The monoisotopic (exact) mass is 495 g/mol. The van der Waals surface area contributed by atoms with Crippen LogP contribution in [0.2, 0.25) is 0 Å². The van der Waals surface area contributed by atoms with Crippen LogP contribution in [0.1, 0.15) is 17.5 Å². The summed E-state index contributed by atoms with van der Waals surface area (Å²) in [4.78, 5) is 27.4. The fraction of sp³-hybridized carbons (Fsp3) is 0.278. The number of nitrogens with one attached hydrogen (secondary N) is 2. The Kier molecular flexibility index (Phi) is 9.86. The number of anilines is 2. The number of hydrogen-bond acceptors (Lipinski definition) is 8. The highest BCUT2D eigenvalue weighted by molar-refractivity contribution is 5.73. The maximum absolute atomic E-state index is 12.4. The summed E-state index contributed by atoms with van der Waals surface area (Å²) >= 11 is 0. The molecule has 0 unspecified atom stereocenters. The number of carboxylic acid groups (broad SMARTS) is 2. The van der Waals surface area contributed by atoms with Gasteiger partial charge < -0.3 is 25.6 Å². The number of hydrogen-bond donors (Lipinski definition) is 4. The molecule has 16 heteroatoms. The van der Waals surface area contributed by atoms with Crippen molar-refractivity contribution in [3.05, 3.63) is 41.6 Å². The van der Waals surface area contributed by atoms with Crippen LogP contribution in [0.4, 0.5) is 38.1 Å². The van der Waals surface area contributed by atoms with Gasteiger partial charge in [0, 0.05) is 18.7 Å². The Hall–Kier alpha value is -4.29. The standard InChI is InChI=1S/C16H14F3N5O3.C2HF3O2/c17-16(18,19)27-12-4-2-1-3-10(12)8-22-15-23-9-11(7-20)14(24-15)21-6-5-13(25)26;3-2(4,5)1(6)7/h1-4,9H,5-6,8H2,(H,25,26)(H2,21,22,23,24);(H,6,7). The Balaban J connectivity index is 0.000000718. The first kappa shape index (κ1) is 27.7. The van der Waals surface area contributed by atoms with Crippen LogP contribution >= 0.6 is 0 Å². The van der Waals surface area contributed by atoms with E-state index in [1.807, 2.05) is 6.07 Å². The van der Waals surface area contributed by atoms with Gasteiger partial charge in [0.2, 0.25) is 5.95 Å². The molecule has 184 valence electrons. The highest BCUT2D eigenvalue weighted by Crippen LogP contribution is 2.26. The van der Waals surface area contributed by atoms with E-state index in [9.17, 15) is 31.1 Å². The summed E-state index contributed by atoms with van der Waals surface area (Å²) in [6, 6.07) is 7.46. The van der Waals surface area contributed by atoms with E-state index in [1.54, 1.807) is 6.07 Å². The van der Waals surface area contributed by atoms with E-state index in [-0.39, 0.29) is 48.2 Å². The van der Waals surface area contributed by atoms with Crippen LogP contribution in [0.25, 0.3) is 0 Å². The minimum absolute atomic E-state index is 0.0444. The second-order valence-corrected chi connectivity index (χ2v) is 5.95. The lowest BCUT2D eigenvalue weighted by molar-refractivity contribution is -0.274. The third-order valence-corrected chi connectivity index (χ3v) is 3.42. The maximum atomic E-state index is 12.4. The summed E-state index contributed by atoms with van der Waals surface area (Å²) in [5.74, 6) is -3.96. The Morgan fingerprint density at radius 2 is 1.71 bits per heavy atom. The summed E-state index contributed by atoms with van der Waals surface area (Å²) in [5, 5.41) is 30.3. The predicted molar refractivity (Wildman–Crippen MR) is 102 cm³/mol. The molecule has 4 N–H and O–H groups in total. The Bertz CT molecular complexity index is 1040. The topological polar surface area (TPSA) is 157 Å². The number of ether oxygens (including phenoxy) is 1. The average molecular weight is 495 g/mol. The first-order valence-corrected chi connectivity index (χ1v) is 8.83. The number of halogens is 6. The van der Waals surface area contributed by atoms with E-state index in [2.05, 4.69) is 25.3 Å². The molecule has 0 aliphatic carbocycles. The van der Waals surface area contributed by atoms with Gasteiger partial charge in [-0.25, -0.2) is 9.78 Å². The van der Waals surface area contributed by atoms with Crippen molar-refractivity contribution in [2.75, 3.05) is 17.2 Å². The van der Waals surface area contributed by atoms with Crippen LogP contribution in [0, 0.1) is 11.3 Å². The zero-order valence-corrected chi connectivity index (χ0v) is 16.7. The molecule has 0 aliphatic heterocycles. The quantitative estimate of drug-likeness (QED) is 0.400. The highest BCUT2D eigenvalue weighted by atomic mass is 19.4. The molecule has 34 heavy (non-hydrogen) atoms. The van der Waals surface area contributed by atoms with Crippen molar-refractivity contribution in [2.45, 2.75) is 25.5 Å². The third-order valence-electron chi connectivity index (χ3n) is 3.42. The number of carboxylic acids is 2. The smallest absolute Gasteiger partial charge is 0.481 e. The van der Waals surface area contributed by atoms with Gasteiger partial charge in [-0.2, -0.15) is 23.4 Å². The summed E-state index contributed by atoms with van der Waals surface area (Å²) in [6.07, 6.45) is -8.86. The number of para-hydroxylation sites is 1. The highest BCUT2D eigenvalue weighted by Gasteiger charge is 2.38. The SMILES string of the molecule is N#Cc1cnc(NCc2ccccc2OC(F)(F)F)nc1NCCC(=O)O.O=C(O)C(F)(F)F. The van der Waals surface area contributed by atoms with E-state index in [1.165, 1.54) is 24.4 Å². The van der Waals surface area contributed by atoms with Gasteiger partial charge in [-0.1, -0.05) is 18.2 Å². The molecule has 10 nitrogen and oxygen atoms in total. The molecule has 2 aromatic rings. The lowest BCUT2D eigenvalue weighted by Gasteiger charge is -2.14. The van der Waals surface area contributed by atoms with Crippen LogP contribution in [-0.2, 0) is 16.1 Å². The van der Waals surface area contributed by atoms with E-state index < -0.39 is 24.5 Å². The fourth-order valence-electron chi connectivity index (χ4n) is 2.02. The maximum Gasteiger partial charge on any atom is 0.573 e. The first-order chi connectivity index (χ1) is 15.7. The number of nitriles is 1. The van der Waals surface area contributed by atoms with Gasteiger partial charge in [0.05, 0.1) is 12.6 Å². The van der Waals surface area contributed by atoms with Gasteiger partial charge in [0.25, 0.3) is 0 Å². The fourth-order valence-corrected chi connectivity index (χ4v) is 2.02. The minimum atomic E-state index is -5.08. The van der Waals surface area contributed by atoms with E-state index in [0.29, 0.717) is 0 Å². The van der Waals surface area contributed by atoms with Crippen molar-refractivity contribution in [1.82, 2.24) is 9.97 Å². The molecule has 0 saturated carbocycles. The summed E-state index contributed by atoms with van der Waals surface area (Å²) in [5.41, 5.74) is 0.329. The summed E-state index contributed by atoms with van der Waals surface area (Å²) in [7, 11) is 0. The molecule has 0 saturated heterocycles. The second-order valence-electron chi connectivity index (χ2n) is 5.95. The molecule has 0 radical (unpaired) electrons. The Labute approximate surface area is 186 Å². The van der Waals surface area contributed by atoms with Crippen molar-refractivity contribution >= 4 is 23.7 Å². The van der Waals surface area contributed by atoms with Crippen LogP contribution in [0.5, 0.6) is 5.75 Å². The number of alkyl halides is 6. The van der Waals surface area contributed by atoms with Crippen molar-refractivity contribution in [3.8, 4) is 11.8 Å². The average Bonchev–Trinajstić information content (AvgIpc) is 2.71. The van der Waals surface area contributed by atoms with Gasteiger partial charge in [0.1, 0.15) is 23.2 Å². The van der Waals surface area contributed by atoms with Gasteiger partial charge >= 0.3 is 24.5 Å². The molecule has 1 aromatic heterocycles. The van der Waals surface area contributed by atoms with Crippen LogP contribution in [0.3, 0.4) is 0 Å².